The van der Waals surface area contributed by atoms with Crippen molar-refractivity contribution in [3.05, 3.63) is 35.4 Å². The van der Waals surface area contributed by atoms with Crippen molar-refractivity contribution in [3.8, 4) is 0 Å². The second-order valence-corrected chi connectivity index (χ2v) is 4.02. The summed E-state index contributed by atoms with van der Waals surface area (Å²) in [5.41, 5.74) is 2.42. The molecule has 1 unspecified atom stereocenters. The van der Waals surface area contributed by atoms with Crippen LogP contribution in [0.25, 0.3) is 6.08 Å². The summed E-state index contributed by atoms with van der Waals surface area (Å²) in [7, 11) is 1.47. The summed E-state index contributed by atoms with van der Waals surface area (Å²) in [5.74, 6) is 0. The van der Waals surface area contributed by atoms with Crippen LogP contribution in [0.1, 0.15) is 11.1 Å². The van der Waals surface area contributed by atoms with Gasteiger partial charge in [-0.1, -0.05) is 24.3 Å². The van der Waals surface area contributed by atoms with Crippen LogP contribution < -0.4 is 4.90 Å². The van der Waals surface area contributed by atoms with Gasteiger partial charge in [-0.3, -0.25) is 0 Å². The van der Waals surface area contributed by atoms with Gasteiger partial charge in [0.25, 0.3) is 0 Å². The first-order chi connectivity index (χ1) is 7.39. The summed E-state index contributed by atoms with van der Waals surface area (Å²) in [5, 5.41) is 0. The Balaban J connectivity index is 2.45. The maximum Gasteiger partial charge on any atom is 0.412 e. The van der Waals surface area contributed by atoms with Crippen molar-refractivity contribution in [3.63, 3.8) is 0 Å². The van der Waals surface area contributed by atoms with Crippen LogP contribution in [0, 0.1) is 6.92 Å². The third kappa shape index (κ3) is 1.79. The number of hydrogen-bond acceptors (Lipinski definition) is 1. The third-order valence-electron chi connectivity index (χ3n) is 2.78. The van der Waals surface area contributed by atoms with Gasteiger partial charge >= 0.3 is 6.18 Å². The molecule has 16 heavy (non-hydrogen) atoms. The number of nitrogens with zero attached hydrogens (tertiary/aromatic N) is 1. The fourth-order valence-corrected chi connectivity index (χ4v) is 1.90. The van der Waals surface area contributed by atoms with Gasteiger partial charge in [0.1, 0.15) is 6.04 Å². The van der Waals surface area contributed by atoms with Crippen molar-refractivity contribution < 1.29 is 13.2 Å². The van der Waals surface area contributed by atoms with Crippen molar-refractivity contribution in [1.82, 2.24) is 0 Å². The van der Waals surface area contributed by atoms with Crippen molar-refractivity contribution in [2.75, 3.05) is 11.9 Å². The van der Waals surface area contributed by atoms with Crippen LogP contribution in [-0.2, 0) is 0 Å². The average molecular weight is 227 g/mol. The number of alkyl halides is 3. The van der Waals surface area contributed by atoms with E-state index in [1.807, 2.05) is 19.1 Å². The topological polar surface area (TPSA) is 3.24 Å². The second-order valence-electron chi connectivity index (χ2n) is 4.02. The largest absolute Gasteiger partial charge is 0.412 e. The molecule has 1 nitrogen and oxygen atoms in total. The molecule has 1 aromatic carbocycles. The highest BCUT2D eigenvalue weighted by Crippen LogP contribution is 2.35. The number of aryl methyl sites for hydroxylation is 1. The lowest BCUT2D eigenvalue weighted by Crippen LogP contribution is -2.43. The molecule has 0 spiro atoms. The predicted octanol–water partition coefficient (Wildman–Crippen LogP) is 3.39. The third-order valence-corrected chi connectivity index (χ3v) is 2.78. The van der Waals surface area contributed by atoms with Gasteiger partial charge in [-0.2, -0.15) is 13.2 Å². The van der Waals surface area contributed by atoms with E-state index in [0.717, 1.165) is 11.1 Å². The minimum atomic E-state index is -4.23. The number of fused-ring (bicyclic) bond motifs is 1. The molecule has 1 heterocycles. The van der Waals surface area contributed by atoms with E-state index in [1.165, 1.54) is 24.1 Å². The second kappa shape index (κ2) is 3.54. The van der Waals surface area contributed by atoms with Crippen molar-refractivity contribution >= 4 is 11.8 Å². The average Bonchev–Trinajstić information content (AvgIpc) is 2.17. The highest BCUT2D eigenvalue weighted by atomic mass is 19.4. The zero-order chi connectivity index (χ0) is 11.9. The quantitative estimate of drug-likeness (QED) is 0.656. The van der Waals surface area contributed by atoms with E-state index >= 15 is 0 Å². The minimum Gasteiger partial charge on any atom is -0.359 e. The highest BCUT2D eigenvalue weighted by Gasteiger charge is 2.42. The molecule has 0 fully saturated rings. The maximum atomic E-state index is 12.7. The summed E-state index contributed by atoms with van der Waals surface area (Å²) in [6.07, 6.45) is -1.50. The molecule has 0 radical (unpaired) electrons. The Labute approximate surface area is 92.2 Å². The van der Waals surface area contributed by atoms with E-state index < -0.39 is 12.2 Å². The fraction of sp³-hybridized carbons (Fsp3) is 0.333. The van der Waals surface area contributed by atoms with Crippen molar-refractivity contribution in [1.29, 1.82) is 0 Å². The van der Waals surface area contributed by atoms with E-state index in [1.54, 1.807) is 6.07 Å². The number of benzene rings is 1. The lowest BCUT2D eigenvalue weighted by molar-refractivity contribution is -0.137. The molecule has 2 rings (SSSR count). The van der Waals surface area contributed by atoms with E-state index in [4.69, 9.17) is 0 Å². The summed E-state index contributed by atoms with van der Waals surface area (Å²) in [6, 6.07) is 3.98. The van der Waals surface area contributed by atoms with Gasteiger partial charge in [0.2, 0.25) is 0 Å². The standard InChI is InChI=1S/C12H12F3N/c1-8-3-4-9-5-6-11(12(13,14)15)16(2)10(9)7-8/h3-7,11H,1-2H3. The molecule has 0 saturated carbocycles. The minimum absolute atomic E-state index is 0.629. The summed E-state index contributed by atoms with van der Waals surface area (Å²) in [4.78, 5) is 1.27. The number of hydrogen-bond donors (Lipinski definition) is 0. The summed E-state index contributed by atoms with van der Waals surface area (Å²) in [6.45, 7) is 1.87. The molecule has 1 atom stereocenters. The Hall–Kier alpha value is -1.45. The maximum absolute atomic E-state index is 12.7. The normalized spacial score (nSPS) is 19.8. The first kappa shape index (κ1) is 11.0. The molecule has 1 aliphatic heterocycles. The zero-order valence-corrected chi connectivity index (χ0v) is 9.05. The zero-order valence-electron chi connectivity index (χ0n) is 9.05. The van der Waals surface area contributed by atoms with Crippen molar-refractivity contribution in [2.45, 2.75) is 19.1 Å². The molecule has 0 aliphatic carbocycles. The highest BCUT2D eigenvalue weighted by molar-refractivity contribution is 5.72. The van der Waals surface area contributed by atoms with Gasteiger partial charge in [0, 0.05) is 12.7 Å². The van der Waals surface area contributed by atoms with E-state index in [-0.39, 0.29) is 0 Å². The van der Waals surface area contributed by atoms with Crippen LogP contribution in [0.15, 0.2) is 24.3 Å². The molecule has 0 N–H and O–H groups in total. The van der Waals surface area contributed by atoms with Gasteiger partial charge in [-0.05, 0) is 24.1 Å². The van der Waals surface area contributed by atoms with Crippen LogP contribution in [0.3, 0.4) is 0 Å². The Morgan fingerprint density at radius 2 is 1.94 bits per heavy atom. The molecule has 0 aromatic heterocycles. The molecule has 86 valence electrons. The van der Waals surface area contributed by atoms with Gasteiger partial charge in [0.15, 0.2) is 0 Å². The SMILES string of the molecule is Cc1ccc2c(c1)N(C)C(C(F)(F)F)C=C2. The molecular weight excluding hydrogens is 215 g/mol. The number of likely N-dealkylation sites (N-methyl/N-ethyl adjacent to an activating group) is 1. The van der Waals surface area contributed by atoms with E-state index in [9.17, 15) is 13.2 Å². The smallest absolute Gasteiger partial charge is 0.359 e. The Morgan fingerprint density at radius 3 is 2.56 bits per heavy atom. The Bertz CT molecular complexity index is 434. The van der Waals surface area contributed by atoms with Crippen LogP contribution in [-0.4, -0.2) is 19.3 Å². The van der Waals surface area contributed by atoms with Gasteiger partial charge in [-0.15, -0.1) is 0 Å². The van der Waals surface area contributed by atoms with Crippen LogP contribution >= 0.6 is 0 Å². The van der Waals surface area contributed by atoms with Crippen LogP contribution in [0.5, 0.6) is 0 Å². The van der Waals surface area contributed by atoms with E-state index in [0.29, 0.717) is 5.69 Å². The Morgan fingerprint density at radius 1 is 1.25 bits per heavy atom. The lowest BCUT2D eigenvalue weighted by atomic mass is 10.0. The predicted molar refractivity (Wildman–Crippen MR) is 58.5 cm³/mol. The first-order valence-corrected chi connectivity index (χ1v) is 4.98. The molecule has 0 amide bonds. The van der Waals surface area contributed by atoms with Crippen LogP contribution in [0.4, 0.5) is 18.9 Å². The fourth-order valence-electron chi connectivity index (χ4n) is 1.90. The Kier molecular flexibility index (Phi) is 2.45. The summed E-state index contributed by atoms with van der Waals surface area (Å²) < 4.78 is 38.1. The number of halogens is 3. The molecular formula is C12H12F3N. The molecule has 0 saturated heterocycles. The number of anilines is 1. The van der Waals surface area contributed by atoms with Gasteiger partial charge in [0.05, 0.1) is 0 Å². The molecule has 1 aromatic rings. The van der Waals surface area contributed by atoms with E-state index in [2.05, 4.69) is 0 Å². The van der Waals surface area contributed by atoms with Crippen molar-refractivity contribution in [2.24, 2.45) is 0 Å². The van der Waals surface area contributed by atoms with Gasteiger partial charge in [-0.25, -0.2) is 0 Å². The summed E-state index contributed by atoms with van der Waals surface area (Å²) >= 11 is 0. The van der Waals surface area contributed by atoms with Crippen LogP contribution in [0.2, 0.25) is 0 Å². The monoisotopic (exact) mass is 227 g/mol. The molecule has 4 heteroatoms. The number of rotatable bonds is 0. The first-order valence-electron chi connectivity index (χ1n) is 4.98. The molecule has 0 bridgehead atoms. The molecule has 1 aliphatic rings. The van der Waals surface area contributed by atoms with Gasteiger partial charge < -0.3 is 4.90 Å². The lowest BCUT2D eigenvalue weighted by Gasteiger charge is -2.33.